The van der Waals surface area contributed by atoms with Gasteiger partial charge in [-0.2, -0.15) is 0 Å². The summed E-state index contributed by atoms with van der Waals surface area (Å²) in [6.07, 6.45) is 3.49. The van der Waals surface area contributed by atoms with E-state index < -0.39 is 14.9 Å². The first kappa shape index (κ1) is 19.5. The van der Waals surface area contributed by atoms with Crippen LogP contribution in [0.25, 0.3) is 11.1 Å². The van der Waals surface area contributed by atoms with Gasteiger partial charge in [-0.3, -0.25) is 15.1 Å². The molecule has 0 saturated carbocycles. The summed E-state index contributed by atoms with van der Waals surface area (Å²) < 4.78 is 25.9. The number of pyridine rings is 1. The quantitative estimate of drug-likeness (QED) is 0.467. The van der Waals surface area contributed by atoms with E-state index >= 15 is 0 Å². The summed E-state index contributed by atoms with van der Waals surface area (Å²) in [5, 5.41) is 14.3. The number of nitro groups is 1. The molecular weight excluding hydrogens is 380 g/mol. The van der Waals surface area contributed by atoms with Crippen LogP contribution in [0.4, 0.5) is 11.4 Å². The minimum Gasteiger partial charge on any atom is -0.375 e. The molecule has 144 valence electrons. The lowest BCUT2D eigenvalue weighted by Crippen LogP contribution is -2.18. The van der Waals surface area contributed by atoms with Crippen molar-refractivity contribution < 1.29 is 13.3 Å². The van der Waals surface area contributed by atoms with Crippen molar-refractivity contribution in [3.8, 4) is 11.1 Å². The van der Waals surface area contributed by atoms with Crippen molar-refractivity contribution in [2.75, 3.05) is 12.4 Å². The van der Waals surface area contributed by atoms with Crippen LogP contribution in [0.5, 0.6) is 0 Å². The SMILES string of the molecule is CNS(=O)(=O)c1ccc(NCc2ccc(-c3cccnc3)cc2)c([N+](=O)[O-])c1. The van der Waals surface area contributed by atoms with Crippen molar-refractivity contribution in [2.45, 2.75) is 11.4 Å². The number of rotatable bonds is 7. The average molecular weight is 398 g/mol. The number of benzene rings is 2. The van der Waals surface area contributed by atoms with Crippen LogP contribution in [0.2, 0.25) is 0 Å². The van der Waals surface area contributed by atoms with E-state index in [9.17, 15) is 18.5 Å². The number of hydrogen-bond donors (Lipinski definition) is 2. The average Bonchev–Trinajstić information content (AvgIpc) is 2.73. The Morgan fingerprint density at radius 3 is 2.43 bits per heavy atom. The minimum absolute atomic E-state index is 0.159. The van der Waals surface area contributed by atoms with E-state index in [2.05, 4.69) is 15.0 Å². The van der Waals surface area contributed by atoms with Crippen LogP contribution >= 0.6 is 0 Å². The van der Waals surface area contributed by atoms with Gasteiger partial charge in [-0.15, -0.1) is 0 Å². The van der Waals surface area contributed by atoms with E-state index in [0.29, 0.717) is 6.54 Å². The first-order chi connectivity index (χ1) is 13.4. The van der Waals surface area contributed by atoms with E-state index in [1.165, 1.54) is 19.2 Å². The van der Waals surface area contributed by atoms with E-state index in [-0.39, 0.29) is 16.3 Å². The zero-order valence-corrected chi connectivity index (χ0v) is 15.8. The van der Waals surface area contributed by atoms with Crippen molar-refractivity contribution in [1.82, 2.24) is 9.71 Å². The van der Waals surface area contributed by atoms with Gasteiger partial charge >= 0.3 is 0 Å². The number of nitro benzene ring substituents is 1. The summed E-state index contributed by atoms with van der Waals surface area (Å²) in [4.78, 5) is 14.7. The highest BCUT2D eigenvalue weighted by atomic mass is 32.2. The Morgan fingerprint density at radius 1 is 1.07 bits per heavy atom. The molecule has 0 unspecified atom stereocenters. The third kappa shape index (κ3) is 4.33. The Bertz CT molecular complexity index is 1080. The molecule has 0 bridgehead atoms. The first-order valence-electron chi connectivity index (χ1n) is 8.36. The normalized spacial score (nSPS) is 11.2. The predicted octanol–water partition coefficient (Wildman–Crippen LogP) is 3.18. The molecule has 0 spiro atoms. The van der Waals surface area contributed by atoms with Crippen LogP contribution in [-0.4, -0.2) is 25.4 Å². The zero-order chi connectivity index (χ0) is 20.1. The van der Waals surface area contributed by atoms with Crippen molar-refractivity contribution >= 4 is 21.4 Å². The lowest BCUT2D eigenvalue weighted by molar-refractivity contribution is -0.384. The summed E-state index contributed by atoms with van der Waals surface area (Å²) in [5.74, 6) is 0. The van der Waals surface area contributed by atoms with Gasteiger partial charge in [0.25, 0.3) is 5.69 Å². The monoisotopic (exact) mass is 398 g/mol. The van der Waals surface area contributed by atoms with Crippen LogP contribution < -0.4 is 10.0 Å². The van der Waals surface area contributed by atoms with Gasteiger partial charge in [0.05, 0.1) is 9.82 Å². The van der Waals surface area contributed by atoms with Crippen molar-refractivity contribution in [2.24, 2.45) is 0 Å². The maximum atomic E-state index is 11.9. The fourth-order valence-electron chi connectivity index (χ4n) is 2.64. The second-order valence-corrected chi connectivity index (χ2v) is 7.82. The molecule has 0 atom stereocenters. The largest absolute Gasteiger partial charge is 0.375 e. The fourth-order valence-corrected chi connectivity index (χ4v) is 3.39. The summed E-state index contributed by atoms with van der Waals surface area (Å²) in [7, 11) is -2.50. The molecule has 3 aromatic rings. The summed E-state index contributed by atoms with van der Waals surface area (Å²) in [5.41, 5.74) is 2.89. The third-order valence-electron chi connectivity index (χ3n) is 4.18. The Labute approximate surface area is 162 Å². The van der Waals surface area contributed by atoms with E-state index in [1.807, 2.05) is 36.4 Å². The smallest absolute Gasteiger partial charge is 0.293 e. The number of nitrogens with one attached hydrogen (secondary N) is 2. The molecule has 3 rings (SSSR count). The first-order valence-corrected chi connectivity index (χ1v) is 9.84. The molecule has 8 nitrogen and oxygen atoms in total. The van der Waals surface area contributed by atoms with Crippen LogP contribution in [-0.2, 0) is 16.6 Å². The van der Waals surface area contributed by atoms with Gasteiger partial charge in [0.1, 0.15) is 5.69 Å². The highest BCUT2D eigenvalue weighted by Crippen LogP contribution is 2.28. The highest BCUT2D eigenvalue weighted by Gasteiger charge is 2.20. The number of anilines is 1. The second kappa shape index (κ2) is 8.15. The Kier molecular flexibility index (Phi) is 5.67. The number of hydrogen-bond acceptors (Lipinski definition) is 6. The number of aromatic nitrogens is 1. The topological polar surface area (TPSA) is 114 Å². The third-order valence-corrected chi connectivity index (χ3v) is 5.59. The minimum atomic E-state index is -3.76. The molecule has 0 aliphatic rings. The molecular formula is C19H18N4O4S. The van der Waals surface area contributed by atoms with Crippen LogP contribution in [0.15, 0.2) is 71.9 Å². The summed E-state index contributed by atoms with van der Waals surface area (Å²) in [6.45, 7) is 0.353. The zero-order valence-electron chi connectivity index (χ0n) is 15.0. The summed E-state index contributed by atoms with van der Waals surface area (Å²) >= 11 is 0. The molecule has 0 radical (unpaired) electrons. The van der Waals surface area contributed by atoms with E-state index in [0.717, 1.165) is 22.8 Å². The number of nitrogens with zero attached hydrogens (tertiary/aromatic N) is 2. The van der Waals surface area contributed by atoms with Crippen LogP contribution in [0.1, 0.15) is 5.56 Å². The van der Waals surface area contributed by atoms with Gasteiger partial charge in [-0.1, -0.05) is 30.3 Å². The lowest BCUT2D eigenvalue weighted by Gasteiger charge is -2.10. The van der Waals surface area contributed by atoms with Crippen molar-refractivity contribution in [3.05, 3.63) is 82.7 Å². The standard InChI is InChI=1S/C19H18N4O4S/c1-20-28(26,27)17-8-9-18(19(11-17)23(24)25)22-12-14-4-6-15(7-5-14)16-3-2-10-21-13-16/h2-11,13,20,22H,12H2,1H3. The molecule has 1 heterocycles. The molecule has 2 aromatic carbocycles. The molecule has 0 aliphatic carbocycles. The Morgan fingerprint density at radius 2 is 1.82 bits per heavy atom. The fraction of sp³-hybridized carbons (Fsp3) is 0.105. The van der Waals surface area contributed by atoms with Crippen LogP contribution in [0.3, 0.4) is 0 Å². The Hall–Kier alpha value is -3.30. The van der Waals surface area contributed by atoms with Crippen molar-refractivity contribution in [3.63, 3.8) is 0 Å². The molecule has 9 heteroatoms. The van der Waals surface area contributed by atoms with Gasteiger partial charge in [-0.05, 0) is 41.9 Å². The lowest BCUT2D eigenvalue weighted by atomic mass is 10.1. The predicted molar refractivity (Wildman–Crippen MR) is 106 cm³/mol. The van der Waals surface area contributed by atoms with Gasteiger partial charge in [-0.25, -0.2) is 13.1 Å². The summed E-state index contributed by atoms with van der Waals surface area (Å²) in [6, 6.07) is 15.3. The Balaban J connectivity index is 1.78. The van der Waals surface area contributed by atoms with Gasteiger partial charge in [0.2, 0.25) is 10.0 Å². The number of sulfonamides is 1. The molecule has 0 saturated heterocycles. The van der Waals surface area contributed by atoms with E-state index in [4.69, 9.17) is 0 Å². The van der Waals surface area contributed by atoms with Gasteiger partial charge < -0.3 is 5.32 Å². The molecule has 0 aliphatic heterocycles. The molecule has 2 N–H and O–H groups in total. The van der Waals surface area contributed by atoms with Crippen LogP contribution in [0, 0.1) is 10.1 Å². The maximum Gasteiger partial charge on any atom is 0.293 e. The molecule has 0 fully saturated rings. The van der Waals surface area contributed by atoms with E-state index in [1.54, 1.807) is 12.4 Å². The molecule has 0 amide bonds. The molecule has 28 heavy (non-hydrogen) atoms. The van der Waals surface area contributed by atoms with Gasteiger partial charge in [0, 0.05) is 25.0 Å². The second-order valence-electron chi connectivity index (χ2n) is 5.94. The molecule has 1 aromatic heterocycles. The maximum absolute atomic E-state index is 11.9. The highest BCUT2D eigenvalue weighted by molar-refractivity contribution is 7.89. The van der Waals surface area contributed by atoms with Gasteiger partial charge in [0.15, 0.2) is 0 Å². The van der Waals surface area contributed by atoms with Crippen molar-refractivity contribution in [1.29, 1.82) is 0 Å².